The number of rotatable bonds is 0. The molecular weight excluding hydrogens is 202 g/mol. The van der Waals surface area contributed by atoms with Crippen LogP contribution < -0.4 is 0 Å². The molecule has 0 fully saturated rings. The summed E-state index contributed by atoms with van der Waals surface area (Å²) in [6.07, 6.45) is 0. The van der Waals surface area contributed by atoms with Gasteiger partial charge in [-0.05, 0) is 19.1 Å². The van der Waals surface area contributed by atoms with Gasteiger partial charge in [0.05, 0.1) is 16.7 Å². The zero-order chi connectivity index (χ0) is 9.42. The second-order valence-corrected chi connectivity index (χ2v) is 4.43. The molecule has 64 valence electrons. The van der Waals surface area contributed by atoms with Gasteiger partial charge in [0.15, 0.2) is 0 Å². The standard InChI is InChI=1S/C10H6ClNS/c1-6-10(11)8-3-2-7(5-12)4-9(8)13-6/h2-4H,1H3. The van der Waals surface area contributed by atoms with Gasteiger partial charge in [-0.2, -0.15) is 5.26 Å². The Morgan fingerprint density at radius 2 is 2.23 bits per heavy atom. The maximum atomic E-state index is 8.69. The van der Waals surface area contributed by atoms with E-state index in [2.05, 4.69) is 6.07 Å². The highest BCUT2D eigenvalue weighted by atomic mass is 35.5. The van der Waals surface area contributed by atoms with Gasteiger partial charge in [0, 0.05) is 15.0 Å². The Balaban J connectivity index is 2.82. The van der Waals surface area contributed by atoms with Gasteiger partial charge in [-0.1, -0.05) is 17.7 Å². The molecule has 0 spiro atoms. The first-order valence-electron chi connectivity index (χ1n) is 3.81. The Morgan fingerprint density at radius 3 is 2.92 bits per heavy atom. The predicted octanol–water partition coefficient (Wildman–Crippen LogP) is 3.73. The van der Waals surface area contributed by atoms with Crippen LogP contribution in [-0.2, 0) is 0 Å². The number of aryl methyl sites for hydroxylation is 1. The second kappa shape index (κ2) is 3.02. The van der Waals surface area contributed by atoms with Gasteiger partial charge in [-0.25, -0.2) is 0 Å². The molecule has 0 bridgehead atoms. The SMILES string of the molecule is Cc1sc2cc(C#N)ccc2c1Cl. The fourth-order valence-electron chi connectivity index (χ4n) is 1.26. The topological polar surface area (TPSA) is 23.8 Å². The molecule has 0 atom stereocenters. The molecule has 2 rings (SSSR count). The van der Waals surface area contributed by atoms with Crippen molar-refractivity contribution < 1.29 is 0 Å². The molecule has 0 unspecified atom stereocenters. The van der Waals surface area contributed by atoms with E-state index in [4.69, 9.17) is 16.9 Å². The maximum Gasteiger partial charge on any atom is 0.0992 e. The summed E-state index contributed by atoms with van der Waals surface area (Å²) in [5.74, 6) is 0. The molecule has 0 saturated carbocycles. The van der Waals surface area contributed by atoms with Crippen LogP contribution in [-0.4, -0.2) is 0 Å². The number of nitriles is 1. The van der Waals surface area contributed by atoms with Crippen LogP contribution in [0, 0.1) is 18.3 Å². The number of halogens is 1. The minimum absolute atomic E-state index is 0.686. The molecule has 1 aromatic heterocycles. The summed E-state index contributed by atoms with van der Waals surface area (Å²) in [7, 11) is 0. The van der Waals surface area contributed by atoms with Crippen LogP contribution in [0.4, 0.5) is 0 Å². The Bertz CT molecular complexity index is 507. The number of nitrogens with zero attached hydrogens (tertiary/aromatic N) is 1. The Morgan fingerprint density at radius 1 is 1.46 bits per heavy atom. The molecule has 2 aromatic rings. The van der Waals surface area contributed by atoms with Crippen molar-refractivity contribution in [3.05, 3.63) is 33.7 Å². The highest BCUT2D eigenvalue weighted by Gasteiger charge is 2.06. The van der Waals surface area contributed by atoms with Crippen LogP contribution in [0.5, 0.6) is 0 Å². The Labute approximate surface area is 85.2 Å². The van der Waals surface area contributed by atoms with Crippen molar-refractivity contribution >= 4 is 33.0 Å². The van der Waals surface area contributed by atoms with Crippen molar-refractivity contribution in [2.75, 3.05) is 0 Å². The van der Waals surface area contributed by atoms with Crippen molar-refractivity contribution in [1.82, 2.24) is 0 Å². The van der Waals surface area contributed by atoms with Gasteiger partial charge in [-0.3, -0.25) is 0 Å². The molecule has 1 nitrogen and oxygen atoms in total. The summed E-state index contributed by atoms with van der Waals surface area (Å²) in [6, 6.07) is 7.68. The van der Waals surface area contributed by atoms with E-state index in [9.17, 15) is 0 Å². The lowest BCUT2D eigenvalue weighted by molar-refractivity contribution is 1.50. The van der Waals surface area contributed by atoms with Gasteiger partial charge in [0.1, 0.15) is 0 Å². The number of hydrogen-bond acceptors (Lipinski definition) is 2. The molecule has 0 radical (unpaired) electrons. The van der Waals surface area contributed by atoms with E-state index in [1.54, 1.807) is 17.4 Å². The zero-order valence-electron chi connectivity index (χ0n) is 6.97. The number of benzene rings is 1. The monoisotopic (exact) mass is 207 g/mol. The normalized spacial score (nSPS) is 10.2. The maximum absolute atomic E-state index is 8.69. The lowest BCUT2D eigenvalue weighted by Gasteiger charge is -1.90. The smallest absolute Gasteiger partial charge is 0.0992 e. The first-order valence-corrected chi connectivity index (χ1v) is 5.00. The van der Waals surface area contributed by atoms with Gasteiger partial charge in [-0.15, -0.1) is 11.3 Å². The predicted molar refractivity (Wildman–Crippen MR) is 56.3 cm³/mol. The van der Waals surface area contributed by atoms with Crippen molar-refractivity contribution in [1.29, 1.82) is 5.26 Å². The molecule has 1 heterocycles. The van der Waals surface area contributed by atoms with E-state index < -0.39 is 0 Å². The largest absolute Gasteiger partial charge is 0.192 e. The zero-order valence-corrected chi connectivity index (χ0v) is 8.54. The van der Waals surface area contributed by atoms with Gasteiger partial charge >= 0.3 is 0 Å². The Hall–Kier alpha value is -1.04. The third-order valence-electron chi connectivity index (χ3n) is 1.92. The highest BCUT2D eigenvalue weighted by Crippen LogP contribution is 2.34. The number of fused-ring (bicyclic) bond motifs is 1. The fourth-order valence-corrected chi connectivity index (χ4v) is 2.59. The summed E-state index contributed by atoms with van der Waals surface area (Å²) >= 11 is 7.69. The summed E-state index contributed by atoms with van der Waals surface area (Å²) in [6.45, 7) is 1.99. The van der Waals surface area contributed by atoms with Gasteiger partial charge in [0.25, 0.3) is 0 Å². The third-order valence-corrected chi connectivity index (χ3v) is 3.59. The minimum Gasteiger partial charge on any atom is -0.192 e. The summed E-state index contributed by atoms with van der Waals surface area (Å²) in [5.41, 5.74) is 0.686. The molecule has 0 aliphatic rings. The molecule has 1 aromatic carbocycles. The Kier molecular flexibility index (Phi) is 1.99. The molecule has 0 amide bonds. The number of thiophene rings is 1. The molecule has 0 saturated heterocycles. The molecule has 0 aliphatic carbocycles. The van der Waals surface area contributed by atoms with Crippen molar-refractivity contribution in [2.45, 2.75) is 6.92 Å². The summed E-state index contributed by atoms with van der Waals surface area (Å²) in [4.78, 5) is 1.10. The van der Waals surface area contributed by atoms with Crippen LogP contribution in [0.15, 0.2) is 18.2 Å². The van der Waals surface area contributed by atoms with E-state index >= 15 is 0 Å². The first-order chi connectivity index (χ1) is 6.22. The average Bonchev–Trinajstić information content (AvgIpc) is 2.42. The van der Waals surface area contributed by atoms with Crippen LogP contribution >= 0.6 is 22.9 Å². The lowest BCUT2D eigenvalue weighted by Crippen LogP contribution is -1.70. The third kappa shape index (κ3) is 1.31. The van der Waals surface area contributed by atoms with Crippen molar-refractivity contribution in [3.63, 3.8) is 0 Å². The lowest BCUT2D eigenvalue weighted by atomic mass is 10.2. The average molecular weight is 208 g/mol. The van der Waals surface area contributed by atoms with E-state index in [1.165, 1.54) is 0 Å². The minimum atomic E-state index is 0.686. The highest BCUT2D eigenvalue weighted by molar-refractivity contribution is 7.19. The molecule has 0 N–H and O–H groups in total. The molecule has 3 heteroatoms. The van der Waals surface area contributed by atoms with E-state index in [-0.39, 0.29) is 0 Å². The second-order valence-electron chi connectivity index (χ2n) is 2.79. The van der Waals surface area contributed by atoms with Crippen molar-refractivity contribution in [3.8, 4) is 6.07 Å². The van der Waals surface area contributed by atoms with Crippen molar-refractivity contribution in [2.24, 2.45) is 0 Å². The van der Waals surface area contributed by atoms with Crippen LogP contribution in [0.2, 0.25) is 5.02 Å². The quantitative estimate of drug-likeness (QED) is 0.646. The summed E-state index contributed by atoms with van der Waals surface area (Å²) in [5, 5.41) is 10.5. The number of hydrogen-bond donors (Lipinski definition) is 0. The molecule has 0 aliphatic heterocycles. The van der Waals surface area contributed by atoms with E-state index in [1.807, 2.05) is 19.1 Å². The summed E-state index contributed by atoms with van der Waals surface area (Å²) < 4.78 is 1.08. The fraction of sp³-hybridized carbons (Fsp3) is 0.100. The van der Waals surface area contributed by atoms with E-state index in [0.717, 1.165) is 20.0 Å². The van der Waals surface area contributed by atoms with Gasteiger partial charge < -0.3 is 0 Å². The molecular formula is C10H6ClNS. The molecule has 13 heavy (non-hydrogen) atoms. The van der Waals surface area contributed by atoms with Crippen LogP contribution in [0.25, 0.3) is 10.1 Å². The van der Waals surface area contributed by atoms with Gasteiger partial charge in [0.2, 0.25) is 0 Å². The first kappa shape index (κ1) is 8.55. The van der Waals surface area contributed by atoms with Crippen LogP contribution in [0.3, 0.4) is 0 Å². The van der Waals surface area contributed by atoms with E-state index in [0.29, 0.717) is 5.56 Å². The van der Waals surface area contributed by atoms with Crippen LogP contribution in [0.1, 0.15) is 10.4 Å².